The third-order valence-electron chi connectivity index (χ3n) is 1.85. The van der Waals surface area contributed by atoms with E-state index in [1.165, 1.54) is 11.8 Å². The highest BCUT2D eigenvalue weighted by molar-refractivity contribution is 8.14. The molecule has 0 aliphatic carbocycles. The Morgan fingerprint density at radius 3 is 2.57 bits per heavy atom. The Labute approximate surface area is 89.2 Å². The summed E-state index contributed by atoms with van der Waals surface area (Å²) in [6, 6.07) is 9.94. The zero-order chi connectivity index (χ0) is 10.4. The van der Waals surface area contributed by atoms with Gasteiger partial charge in [0.15, 0.2) is 0 Å². The molecule has 1 rings (SSSR count). The molecule has 0 bridgehead atoms. The highest BCUT2D eigenvalue weighted by atomic mass is 32.2. The Morgan fingerprint density at radius 2 is 2.00 bits per heavy atom. The summed E-state index contributed by atoms with van der Waals surface area (Å²) < 4.78 is 0. The molecule has 0 spiro atoms. The quantitative estimate of drug-likeness (QED) is 0.705. The summed E-state index contributed by atoms with van der Waals surface area (Å²) in [7, 11) is 0. The van der Waals surface area contributed by atoms with Crippen LogP contribution in [-0.4, -0.2) is 10.9 Å². The van der Waals surface area contributed by atoms with Gasteiger partial charge in [-0.25, -0.2) is 0 Å². The molecule has 0 N–H and O–H groups in total. The van der Waals surface area contributed by atoms with Crippen LogP contribution >= 0.6 is 11.8 Å². The second kappa shape index (κ2) is 5.66. The first-order valence-electron chi connectivity index (χ1n) is 4.64. The number of thioether (sulfide) groups is 1. The summed E-state index contributed by atoms with van der Waals surface area (Å²) in [5, 5.41) is 0.133. The van der Waals surface area contributed by atoms with E-state index in [9.17, 15) is 4.79 Å². The topological polar surface area (TPSA) is 17.1 Å². The van der Waals surface area contributed by atoms with Gasteiger partial charge < -0.3 is 0 Å². The average Bonchev–Trinajstić information content (AvgIpc) is 2.19. The van der Waals surface area contributed by atoms with Crippen molar-refractivity contribution >= 4 is 22.5 Å². The minimum absolute atomic E-state index is 0.133. The fourth-order valence-electron chi connectivity index (χ4n) is 1.15. The summed E-state index contributed by atoms with van der Waals surface area (Å²) >= 11 is 1.34. The van der Waals surface area contributed by atoms with Crippen LogP contribution in [-0.2, 0) is 4.79 Å². The van der Waals surface area contributed by atoms with Gasteiger partial charge in [0.2, 0.25) is 5.12 Å². The zero-order valence-electron chi connectivity index (χ0n) is 8.49. The second-order valence-corrected chi connectivity index (χ2v) is 4.21. The Balaban J connectivity index is 2.75. The summed E-state index contributed by atoms with van der Waals surface area (Å²) in [4.78, 5) is 11.3. The van der Waals surface area contributed by atoms with E-state index in [0.29, 0.717) is 0 Å². The maximum atomic E-state index is 11.3. The summed E-state index contributed by atoms with van der Waals surface area (Å²) in [6.07, 6.45) is 1.70. The normalized spacial score (nSPS) is 11.4. The molecule has 0 unspecified atom stereocenters. The van der Waals surface area contributed by atoms with Crippen LogP contribution in [0.1, 0.15) is 19.4 Å². The zero-order valence-corrected chi connectivity index (χ0v) is 9.30. The van der Waals surface area contributed by atoms with Gasteiger partial charge in [-0.15, -0.1) is 0 Å². The Kier molecular flexibility index (Phi) is 4.47. The first-order valence-corrected chi connectivity index (χ1v) is 5.63. The van der Waals surface area contributed by atoms with Gasteiger partial charge in [0.05, 0.1) is 0 Å². The number of carbonyl (C=O) groups excluding carboxylic acids is 1. The predicted molar refractivity (Wildman–Crippen MR) is 63.2 cm³/mol. The van der Waals surface area contributed by atoms with E-state index in [0.717, 1.165) is 16.9 Å². The van der Waals surface area contributed by atoms with Gasteiger partial charge in [-0.3, -0.25) is 4.79 Å². The highest BCUT2D eigenvalue weighted by Gasteiger charge is 1.99. The van der Waals surface area contributed by atoms with Crippen LogP contribution < -0.4 is 0 Å². The monoisotopic (exact) mass is 206 g/mol. The van der Waals surface area contributed by atoms with Crippen LogP contribution in [0.3, 0.4) is 0 Å². The first kappa shape index (κ1) is 11.1. The van der Waals surface area contributed by atoms with Crippen molar-refractivity contribution in [1.82, 2.24) is 0 Å². The maximum Gasteiger partial charge on any atom is 0.212 e. The molecule has 14 heavy (non-hydrogen) atoms. The fraction of sp³-hybridized carbons (Fsp3) is 0.250. The van der Waals surface area contributed by atoms with E-state index < -0.39 is 0 Å². The van der Waals surface area contributed by atoms with Gasteiger partial charge in [0, 0.05) is 0 Å². The van der Waals surface area contributed by atoms with E-state index in [2.05, 4.69) is 0 Å². The van der Waals surface area contributed by atoms with Gasteiger partial charge in [0.25, 0.3) is 0 Å². The lowest BCUT2D eigenvalue weighted by molar-refractivity contribution is -0.107. The summed E-state index contributed by atoms with van der Waals surface area (Å²) in [5.41, 5.74) is 2.13. The molecule has 0 radical (unpaired) electrons. The molecule has 0 heterocycles. The highest BCUT2D eigenvalue weighted by Crippen LogP contribution is 2.14. The minimum Gasteiger partial charge on any atom is -0.282 e. The van der Waals surface area contributed by atoms with Crippen LogP contribution in [0.25, 0.3) is 5.57 Å². The van der Waals surface area contributed by atoms with E-state index in [4.69, 9.17) is 0 Å². The molecule has 0 saturated heterocycles. The van der Waals surface area contributed by atoms with E-state index in [1.54, 1.807) is 6.08 Å². The van der Waals surface area contributed by atoms with Crippen molar-refractivity contribution in [2.24, 2.45) is 0 Å². The number of rotatable bonds is 3. The van der Waals surface area contributed by atoms with E-state index in [-0.39, 0.29) is 5.12 Å². The smallest absolute Gasteiger partial charge is 0.212 e. The van der Waals surface area contributed by atoms with Crippen molar-refractivity contribution in [3.05, 3.63) is 42.0 Å². The molecule has 0 saturated carbocycles. The fourth-order valence-corrected chi connectivity index (χ4v) is 1.69. The predicted octanol–water partition coefficient (Wildman–Crippen LogP) is 3.37. The molecule has 74 valence electrons. The molecular weight excluding hydrogens is 192 g/mol. The van der Waals surface area contributed by atoms with Gasteiger partial charge in [-0.1, -0.05) is 49.0 Å². The van der Waals surface area contributed by atoms with Gasteiger partial charge >= 0.3 is 0 Å². The largest absolute Gasteiger partial charge is 0.282 e. The molecule has 1 aromatic carbocycles. The molecule has 0 fully saturated rings. The standard InChI is InChI=1S/C12H14OS/c1-3-14-12(13)9-10(2)11-7-5-4-6-8-11/h4-9H,3H2,1-2H3/b10-9+. The second-order valence-electron chi connectivity index (χ2n) is 2.95. The lowest BCUT2D eigenvalue weighted by atomic mass is 10.1. The number of hydrogen-bond donors (Lipinski definition) is 0. The first-order chi connectivity index (χ1) is 6.74. The molecule has 0 amide bonds. The van der Waals surface area contributed by atoms with Crippen molar-refractivity contribution < 1.29 is 4.79 Å². The lowest BCUT2D eigenvalue weighted by Gasteiger charge is -1.99. The Hall–Kier alpha value is -1.02. The summed E-state index contributed by atoms with van der Waals surface area (Å²) in [6.45, 7) is 3.94. The summed E-state index contributed by atoms with van der Waals surface area (Å²) in [5.74, 6) is 0.831. The lowest BCUT2D eigenvalue weighted by Crippen LogP contribution is -1.88. The van der Waals surface area contributed by atoms with E-state index in [1.807, 2.05) is 44.2 Å². The van der Waals surface area contributed by atoms with Crippen molar-refractivity contribution in [2.75, 3.05) is 5.75 Å². The van der Waals surface area contributed by atoms with E-state index >= 15 is 0 Å². The van der Waals surface area contributed by atoms with Crippen LogP contribution in [0, 0.1) is 0 Å². The van der Waals surface area contributed by atoms with Crippen molar-refractivity contribution in [2.45, 2.75) is 13.8 Å². The van der Waals surface area contributed by atoms with Gasteiger partial charge in [0.1, 0.15) is 0 Å². The molecular formula is C12H14OS. The number of hydrogen-bond acceptors (Lipinski definition) is 2. The maximum absolute atomic E-state index is 11.3. The number of allylic oxidation sites excluding steroid dienone is 1. The molecule has 0 aliphatic rings. The van der Waals surface area contributed by atoms with Crippen molar-refractivity contribution in [3.8, 4) is 0 Å². The molecule has 1 aromatic rings. The Bertz CT molecular complexity index is 327. The van der Waals surface area contributed by atoms with Gasteiger partial charge in [-0.2, -0.15) is 0 Å². The molecule has 1 nitrogen and oxygen atoms in total. The van der Waals surface area contributed by atoms with Crippen LogP contribution in [0.2, 0.25) is 0 Å². The minimum atomic E-state index is 0.133. The van der Waals surface area contributed by atoms with Crippen LogP contribution in [0.4, 0.5) is 0 Å². The van der Waals surface area contributed by atoms with Crippen molar-refractivity contribution in [1.29, 1.82) is 0 Å². The number of carbonyl (C=O) groups is 1. The Morgan fingerprint density at radius 1 is 1.36 bits per heavy atom. The number of benzene rings is 1. The van der Waals surface area contributed by atoms with Crippen LogP contribution in [0.5, 0.6) is 0 Å². The third-order valence-corrected chi connectivity index (χ3v) is 2.54. The van der Waals surface area contributed by atoms with Gasteiger partial charge in [-0.05, 0) is 29.9 Å². The molecule has 0 atom stereocenters. The average molecular weight is 206 g/mol. The molecule has 0 aromatic heterocycles. The third kappa shape index (κ3) is 3.38. The van der Waals surface area contributed by atoms with Crippen molar-refractivity contribution in [3.63, 3.8) is 0 Å². The molecule has 0 aliphatic heterocycles. The SMILES string of the molecule is CCSC(=O)/C=C(\C)c1ccccc1. The van der Waals surface area contributed by atoms with Crippen LogP contribution in [0.15, 0.2) is 36.4 Å². The molecule has 2 heteroatoms.